The van der Waals surface area contributed by atoms with Gasteiger partial charge in [0, 0.05) is 13.1 Å². The first-order valence-corrected chi connectivity index (χ1v) is 3.38. The van der Waals surface area contributed by atoms with Crippen molar-refractivity contribution in [3.63, 3.8) is 0 Å². The fourth-order valence-corrected chi connectivity index (χ4v) is 0.782. The molecule has 0 spiro atoms. The van der Waals surface area contributed by atoms with Gasteiger partial charge >= 0.3 is 0 Å². The van der Waals surface area contributed by atoms with Crippen molar-refractivity contribution in [2.75, 3.05) is 18.5 Å². The second-order valence-corrected chi connectivity index (χ2v) is 2.31. The molecule has 0 atom stereocenters. The number of hydrogen-bond acceptors (Lipinski definition) is 3. The largest absolute Gasteiger partial charge is 0.347 e. The van der Waals surface area contributed by atoms with Crippen molar-refractivity contribution in [1.82, 2.24) is 10.2 Å². The smallest absolute Gasteiger partial charge is 0.152 e. The van der Waals surface area contributed by atoms with Crippen molar-refractivity contribution in [3.8, 4) is 18.4 Å². The zero-order valence-electron chi connectivity index (χ0n) is 6.70. The van der Waals surface area contributed by atoms with E-state index >= 15 is 0 Å². The van der Waals surface area contributed by atoms with Crippen LogP contribution in [0.2, 0.25) is 0 Å². The molecule has 0 aliphatic rings. The zero-order chi connectivity index (χ0) is 8.97. The molecule has 0 radical (unpaired) electrons. The number of aromatic nitrogens is 2. The van der Waals surface area contributed by atoms with E-state index < -0.39 is 0 Å². The molecule has 1 aromatic rings. The van der Waals surface area contributed by atoms with E-state index in [0.717, 1.165) is 0 Å². The van der Waals surface area contributed by atoms with Crippen LogP contribution in [-0.4, -0.2) is 23.8 Å². The Morgan fingerprint density at radius 3 is 3.08 bits per heavy atom. The van der Waals surface area contributed by atoms with E-state index in [0.29, 0.717) is 18.1 Å². The summed E-state index contributed by atoms with van der Waals surface area (Å²) in [5, 5.41) is 14.9. The number of H-pyrrole nitrogens is 1. The van der Waals surface area contributed by atoms with Gasteiger partial charge in [0.05, 0.1) is 6.54 Å². The molecule has 0 saturated heterocycles. The van der Waals surface area contributed by atoms with Gasteiger partial charge in [-0.1, -0.05) is 5.92 Å². The molecule has 0 bridgehead atoms. The quantitative estimate of drug-likeness (QED) is 0.635. The van der Waals surface area contributed by atoms with Crippen LogP contribution in [0.25, 0.3) is 0 Å². The molecule has 4 nitrogen and oxygen atoms in total. The predicted molar refractivity (Wildman–Crippen MR) is 45.4 cm³/mol. The molecule has 1 heterocycles. The van der Waals surface area contributed by atoms with Crippen LogP contribution in [0.3, 0.4) is 0 Å². The summed E-state index contributed by atoms with van der Waals surface area (Å²) in [6.07, 6.45) is 5.11. The van der Waals surface area contributed by atoms with Crippen LogP contribution in [0, 0.1) is 23.7 Å². The molecule has 0 fully saturated rings. The summed E-state index contributed by atoms with van der Waals surface area (Å²) >= 11 is 0. The van der Waals surface area contributed by atoms with Gasteiger partial charge in [0.15, 0.2) is 5.82 Å². The van der Waals surface area contributed by atoms with Crippen LogP contribution in [0.15, 0.2) is 6.07 Å². The summed E-state index contributed by atoms with van der Waals surface area (Å²) in [5.41, 5.74) is 0.439. The Balaban J connectivity index is 2.77. The standard InChI is InChI=1S/C8H8N4/c1-3-4-12(2)8-5-7(6-9)10-11-8/h1,5H,4H2,2H3,(H,10,11). The summed E-state index contributed by atoms with van der Waals surface area (Å²) in [6.45, 7) is 0.482. The summed E-state index contributed by atoms with van der Waals surface area (Å²) in [5.74, 6) is 3.17. The van der Waals surface area contributed by atoms with Crippen molar-refractivity contribution >= 4 is 5.82 Å². The predicted octanol–water partition coefficient (Wildman–Crippen LogP) is 0.351. The Kier molecular flexibility index (Phi) is 2.35. The minimum Gasteiger partial charge on any atom is -0.347 e. The van der Waals surface area contributed by atoms with Crippen LogP contribution >= 0.6 is 0 Å². The zero-order valence-corrected chi connectivity index (χ0v) is 6.70. The maximum absolute atomic E-state index is 8.48. The summed E-state index contributed by atoms with van der Waals surface area (Å²) in [4.78, 5) is 1.78. The maximum Gasteiger partial charge on any atom is 0.152 e. The monoisotopic (exact) mass is 160 g/mol. The van der Waals surface area contributed by atoms with Crippen LogP contribution in [0.1, 0.15) is 5.69 Å². The molecule has 60 valence electrons. The Morgan fingerprint density at radius 1 is 1.83 bits per heavy atom. The molecular weight excluding hydrogens is 152 g/mol. The minimum atomic E-state index is 0.439. The first kappa shape index (κ1) is 8.16. The minimum absolute atomic E-state index is 0.439. The topological polar surface area (TPSA) is 55.7 Å². The van der Waals surface area contributed by atoms with E-state index in [2.05, 4.69) is 16.1 Å². The lowest BCUT2D eigenvalue weighted by atomic mass is 10.4. The highest BCUT2D eigenvalue weighted by atomic mass is 15.3. The lowest BCUT2D eigenvalue weighted by molar-refractivity contribution is 0.971. The highest BCUT2D eigenvalue weighted by Crippen LogP contribution is 2.08. The summed E-state index contributed by atoms with van der Waals surface area (Å²) in [7, 11) is 1.82. The molecule has 0 aliphatic heterocycles. The molecule has 1 rings (SSSR count). The normalized spacial score (nSPS) is 8.58. The third-order valence-corrected chi connectivity index (χ3v) is 1.40. The van der Waals surface area contributed by atoms with Crippen LogP contribution in [-0.2, 0) is 0 Å². The Hall–Kier alpha value is -1.94. The molecule has 0 saturated carbocycles. The molecule has 0 amide bonds. The fraction of sp³-hybridized carbons (Fsp3) is 0.250. The Labute approximate surface area is 70.8 Å². The highest BCUT2D eigenvalue weighted by Gasteiger charge is 2.03. The number of terminal acetylenes is 1. The third kappa shape index (κ3) is 1.56. The average molecular weight is 160 g/mol. The maximum atomic E-state index is 8.48. The number of aromatic amines is 1. The number of rotatable bonds is 2. The van der Waals surface area contributed by atoms with Crippen LogP contribution in [0.5, 0.6) is 0 Å². The average Bonchev–Trinajstić information content (AvgIpc) is 2.52. The highest BCUT2D eigenvalue weighted by molar-refractivity contribution is 5.42. The van der Waals surface area contributed by atoms with Gasteiger partial charge in [-0.05, 0) is 0 Å². The SMILES string of the molecule is C#CCN(C)c1cc(C#N)[nH]n1. The Morgan fingerprint density at radius 2 is 2.58 bits per heavy atom. The van der Waals surface area contributed by atoms with Crippen molar-refractivity contribution < 1.29 is 0 Å². The molecule has 4 heteroatoms. The van der Waals surface area contributed by atoms with Crippen molar-refractivity contribution in [1.29, 1.82) is 5.26 Å². The van der Waals surface area contributed by atoms with E-state index in [1.54, 1.807) is 11.0 Å². The van der Waals surface area contributed by atoms with Crippen molar-refractivity contribution in [3.05, 3.63) is 11.8 Å². The van der Waals surface area contributed by atoms with E-state index in [9.17, 15) is 0 Å². The molecule has 1 N–H and O–H groups in total. The van der Waals surface area contributed by atoms with E-state index in [1.807, 2.05) is 13.1 Å². The van der Waals surface area contributed by atoms with Crippen molar-refractivity contribution in [2.24, 2.45) is 0 Å². The van der Waals surface area contributed by atoms with Gasteiger partial charge in [-0.2, -0.15) is 10.4 Å². The number of anilines is 1. The lowest BCUT2D eigenvalue weighted by Crippen LogP contribution is -2.17. The molecular formula is C8H8N4. The van der Waals surface area contributed by atoms with E-state index in [4.69, 9.17) is 11.7 Å². The first-order valence-electron chi connectivity index (χ1n) is 3.38. The lowest BCUT2D eigenvalue weighted by Gasteiger charge is -2.10. The molecule has 1 aromatic heterocycles. The molecule has 0 unspecified atom stereocenters. The fourth-order valence-electron chi connectivity index (χ4n) is 0.782. The van der Waals surface area contributed by atoms with E-state index in [1.165, 1.54) is 0 Å². The number of hydrogen-bond donors (Lipinski definition) is 1. The molecule has 0 aliphatic carbocycles. The van der Waals surface area contributed by atoms with Gasteiger partial charge < -0.3 is 4.90 Å². The van der Waals surface area contributed by atoms with Gasteiger partial charge in [-0.3, -0.25) is 5.10 Å². The van der Waals surface area contributed by atoms with Gasteiger partial charge in [0.25, 0.3) is 0 Å². The second kappa shape index (κ2) is 3.45. The van der Waals surface area contributed by atoms with Gasteiger partial charge in [-0.25, -0.2) is 0 Å². The second-order valence-electron chi connectivity index (χ2n) is 2.31. The Bertz CT molecular complexity index is 339. The number of nitrogens with zero attached hydrogens (tertiary/aromatic N) is 3. The third-order valence-electron chi connectivity index (χ3n) is 1.40. The number of nitriles is 1. The van der Waals surface area contributed by atoms with Gasteiger partial charge in [0.1, 0.15) is 11.8 Å². The van der Waals surface area contributed by atoms with Crippen molar-refractivity contribution in [2.45, 2.75) is 0 Å². The van der Waals surface area contributed by atoms with Gasteiger partial charge in [0.2, 0.25) is 0 Å². The number of nitrogens with one attached hydrogen (secondary N) is 1. The molecule has 12 heavy (non-hydrogen) atoms. The van der Waals surface area contributed by atoms with E-state index in [-0.39, 0.29) is 0 Å². The first-order chi connectivity index (χ1) is 5.77. The van der Waals surface area contributed by atoms with Crippen LogP contribution in [0.4, 0.5) is 5.82 Å². The summed E-state index contributed by atoms with van der Waals surface area (Å²) < 4.78 is 0. The summed E-state index contributed by atoms with van der Waals surface area (Å²) in [6, 6.07) is 3.60. The van der Waals surface area contributed by atoms with Gasteiger partial charge in [-0.15, -0.1) is 6.42 Å². The van der Waals surface area contributed by atoms with Crippen LogP contribution < -0.4 is 4.90 Å². The molecule has 0 aromatic carbocycles.